The van der Waals surface area contributed by atoms with Crippen LogP contribution in [0.1, 0.15) is 32.3 Å². The highest BCUT2D eigenvalue weighted by Gasteiger charge is 2.29. The molecule has 1 N–H and O–H groups in total. The second-order valence-corrected chi connectivity index (χ2v) is 5.43. The number of hydrogen-bond acceptors (Lipinski definition) is 2. The van der Waals surface area contributed by atoms with Gasteiger partial charge in [-0.15, -0.1) is 0 Å². The summed E-state index contributed by atoms with van der Waals surface area (Å²) in [4.78, 5) is 0. The van der Waals surface area contributed by atoms with Gasteiger partial charge >= 0.3 is 0 Å². The molecule has 1 fully saturated rings. The van der Waals surface area contributed by atoms with Crippen LogP contribution in [0.25, 0.3) is 0 Å². The van der Waals surface area contributed by atoms with Crippen molar-refractivity contribution in [2.45, 2.75) is 45.3 Å². The molecule has 1 heterocycles. The molecule has 3 heteroatoms. The van der Waals surface area contributed by atoms with Crippen molar-refractivity contribution in [3.8, 4) is 0 Å². The zero-order valence-electron chi connectivity index (χ0n) is 10.7. The van der Waals surface area contributed by atoms with E-state index in [9.17, 15) is 4.39 Å². The van der Waals surface area contributed by atoms with Gasteiger partial charge in [0.15, 0.2) is 0 Å². The van der Waals surface area contributed by atoms with Crippen LogP contribution in [0, 0.1) is 12.7 Å². The lowest BCUT2D eigenvalue weighted by Gasteiger charge is -2.36. The van der Waals surface area contributed by atoms with E-state index in [1.54, 1.807) is 6.07 Å². The number of anilines is 1. The number of benzene rings is 1. The van der Waals surface area contributed by atoms with E-state index >= 15 is 0 Å². The van der Waals surface area contributed by atoms with Gasteiger partial charge in [-0.25, -0.2) is 4.39 Å². The average Bonchev–Trinajstić information content (AvgIpc) is 2.22. The number of ether oxygens (including phenoxy) is 1. The highest BCUT2D eigenvalue weighted by molar-refractivity contribution is 5.47. The van der Waals surface area contributed by atoms with Crippen LogP contribution in [0.4, 0.5) is 10.1 Å². The molecule has 0 aromatic heterocycles. The zero-order chi connectivity index (χ0) is 12.5. The molecule has 0 saturated carbocycles. The predicted octanol–water partition coefficient (Wildman–Crippen LogP) is 3.50. The first kappa shape index (κ1) is 12.4. The maximum Gasteiger partial charge on any atom is 0.146 e. The lowest BCUT2D eigenvalue weighted by molar-refractivity contribution is -0.0553. The Morgan fingerprint density at radius 2 is 2.18 bits per heavy atom. The minimum absolute atomic E-state index is 0.115. The van der Waals surface area contributed by atoms with E-state index in [0.29, 0.717) is 5.69 Å². The number of rotatable bonds is 2. The van der Waals surface area contributed by atoms with Crippen LogP contribution in [0.2, 0.25) is 0 Å². The van der Waals surface area contributed by atoms with E-state index in [1.165, 1.54) is 6.07 Å². The fourth-order valence-corrected chi connectivity index (χ4v) is 2.32. The summed E-state index contributed by atoms with van der Waals surface area (Å²) >= 11 is 0. The molecule has 0 radical (unpaired) electrons. The molecule has 0 amide bonds. The summed E-state index contributed by atoms with van der Waals surface area (Å²) in [5, 5.41) is 3.29. The van der Waals surface area contributed by atoms with Crippen LogP contribution in [0.3, 0.4) is 0 Å². The van der Waals surface area contributed by atoms with Crippen molar-refractivity contribution in [3.05, 3.63) is 29.6 Å². The van der Waals surface area contributed by atoms with Gasteiger partial charge in [0, 0.05) is 12.6 Å². The van der Waals surface area contributed by atoms with E-state index in [-0.39, 0.29) is 17.5 Å². The first-order chi connectivity index (χ1) is 7.96. The van der Waals surface area contributed by atoms with Crippen molar-refractivity contribution in [1.29, 1.82) is 0 Å². The van der Waals surface area contributed by atoms with Gasteiger partial charge in [0.25, 0.3) is 0 Å². The molecule has 94 valence electrons. The van der Waals surface area contributed by atoms with Crippen LogP contribution >= 0.6 is 0 Å². The lowest BCUT2D eigenvalue weighted by atomic mass is 9.93. The minimum Gasteiger partial charge on any atom is -0.380 e. The molecular weight excluding hydrogens is 217 g/mol. The lowest BCUT2D eigenvalue weighted by Crippen LogP contribution is -2.40. The van der Waals surface area contributed by atoms with Gasteiger partial charge in [0.05, 0.1) is 11.3 Å². The molecule has 1 saturated heterocycles. The summed E-state index contributed by atoms with van der Waals surface area (Å²) < 4.78 is 19.3. The highest BCUT2D eigenvalue weighted by Crippen LogP contribution is 2.27. The Morgan fingerprint density at radius 3 is 2.88 bits per heavy atom. The van der Waals surface area contributed by atoms with Gasteiger partial charge in [-0.1, -0.05) is 6.07 Å². The maximum atomic E-state index is 13.6. The fourth-order valence-electron chi connectivity index (χ4n) is 2.32. The van der Waals surface area contributed by atoms with Gasteiger partial charge in [-0.3, -0.25) is 0 Å². The number of nitrogens with one attached hydrogen (secondary N) is 1. The van der Waals surface area contributed by atoms with Crippen LogP contribution in [-0.2, 0) is 4.74 Å². The molecule has 17 heavy (non-hydrogen) atoms. The second kappa shape index (κ2) is 4.65. The molecule has 1 aliphatic heterocycles. The van der Waals surface area contributed by atoms with E-state index < -0.39 is 0 Å². The maximum absolute atomic E-state index is 13.6. The third-order valence-electron chi connectivity index (χ3n) is 3.18. The third kappa shape index (κ3) is 3.19. The third-order valence-corrected chi connectivity index (χ3v) is 3.18. The second-order valence-electron chi connectivity index (χ2n) is 5.43. The first-order valence-corrected chi connectivity index (χ1v) is 6.13. The molecule has 1 aliphatic rings. The van der Waals surface area contributed by atoms with E-state index in [2.05, 4.69) is 19.2 Å². The SMILES string of the molecule is Cc1ccc(F)c(NC2CCOC(C)(C)C2)c1. The predicted molar refractivity (Wildman–Crippen MR) is 67.8 cm³/mol. The molecule has 0 bridgehead atoms. The fraction of sp³-hybridized carbons (Fsp3) is 0.571. The average molecular weight is 237 g/mol. The zero-order valence-corrected chi connectivity index (χ0v) is 10.7. The van der Waals surface area contributed by atoms with Crippen LogP contribution in [-0.4, -0.2) is 18.2 Å². The van der Waals surface area contributed by atoms with Crippen LogP contribution in [0.5, 0.6) is 0 Å². The van der Waals surface area contributed by atoms with Crippen molar-refractivity contribution in [2.75, 3.05) is 11.9 Å². The van der Waals surface area contributed by atoms with Gasteiger partial charge in [-0.05, 0) is 51.3 Å². The van der Waals surface area contributed by atoms with Gasteiger partial charge < -0.3 is 10.1 Å². The number of hydrogen-bond donors (Lipinski definition) is 1. The van der Waals surface area contributed by atoms with E-state index in [1.807, 2.05) is 13.0 Å². The van der Waals surface area contributed by atoms with E-state index in [0.717, 1.165) is 25.0 Å². The summed E-state index contributed by atoms with van der Waals surface area (Å²) in [6.45, 7) is 6.86. The Kier molecular flexibility index (Phi) is 3.38. The molecule has 1 aromatic rings. The Hall–Kier alpha value is -1.09. The molecule has 0 spiro atoms. The minimum atomic E-state index is -0.181. The monoisotopic (exact) mass is 237 g/mol. The summed E-state index contributed by atoms with van der Waals surface area (Å²) in [6.07, 6.45) is 1.83. The number of halogens is 1. The molecular formula is C14H20FNO. The van der Waals surface area contributed by atoms with Crippen molar-refractivity contribution in [3.63, 3.8) is 0 Å². The standard InChI is InChI=1S/C14H20FNO/c1-10-4-5-12(15)13(8-10)16-11-6-7-17-14(2,3)9-11/h4-5,8,11,16H,6-7,9H2,1-3H3. The number of aryl methyl sites for hydroxylation is 1. The van der Waals surface area contributed by atoms with Crippen LogP contribution in [0.15, 0.2) is 18.2 Å². The highest BCUT2D eigenvalue weighted by atomic mass is 19.1. The topological polar surface area (TPSA) is 21.3 Å². The Labute approximate surface area is 102 Å². The summed E-state index contributed by atoms with van der Waals surface area (Å²) in [7, 11) is 0. The van der Waals surface area contributed by atoms with Gasteiger partial charge in [-0.2, -0.15) is 0 Å². The molecule has 1 unspecified atom stereocenters. The van der Waals surface area contributed by atoms with Crippen molar-refractivity contribution < 1.29 is 9.13 Å². The molecule has 1 atom stereocenters. The van der Waals surface area contributed by atoms with Crippen molar-refractivity contribution >= 4 is 5.69 Å². The molecule has 1 aromatic carbocycles. The molecule has 2 rings (SSSR count). The molecule has 0 aliphatic carbocycles. The van der Waals surface area contributed by atoms with Gasteiger partial charge in [0.1, 0.15) is 5.82 Å². The van der Waals surface area contributed by atoms with Crippen molar-refractivity contribution in [2.24, 2.45) is 0 Å². The first-order valence-electron chi connectivity index (χ1n) is 6.13. The Bertz CT molecular complexity index is 403. The smallest absolute Gasteiger partial charge is 0.146 e. The summed E-state index contributed by atoms with van der Waals surface area (Å²) in [6, 6.07) is 5.45. The van der Waals surface area contributed by atoms with E-state index in [4.69, 9.17) is 4.74 Å². The Balaban J connectivity index is 2.07. The molecule has 2 nitrogen and oxygen atoms in total. The Morgan fingerprint density at radius 1 is 1.41 bits per heavy atom. The largest absolute Gasteiger partial charge is 0.380 e. The summed E-state index contributed by atoms with van der Waals surface area (Å²) in [5.41, 5.74) is 1.56. The van der Waals surface area contributed by atoms with Crippen molar-refractivity contribution in [1.82, 2.24) is 0 Å². The quantitative estimate of drug-likeness (QED) is 0.850. The summed E-state index contributed by atoms with van der Waals surface area (Å²) in [5.74, 6) is -0.181. The van der Waals surface area contributed by atoms with Gasteiger partial charge in [0.2, 0.25) is 0 Å². The normalized spacial score (nSPS) is 23.4. The van der Waals surface area contributed by atoms with Crippen LogP contribution < -0.4 is 5.32 Å².